The average molecular weight is 526 g/mol. The number of aryl methyl sites for hydroxylation is 1. The number of carbonyl (C=O) groups excluding carboxylic acids is 1. The molecule has 0 radical (unpaired) electrons. The number of nitrogens with zero attached hydrogens (tertiary/aromatic N) is 2. The minimum atomic E-state index is -3.07. The van der Waals surface area contributed by atoms with Gasteiger partial charge in [-0.05, 0) is 53.3 Å². The van der Waals surface area contributed by atoms with Crippen molar-refractivity contribution >= 4 is 61.0 Å². The zero-order chi connectivity index (χ0) is 19.9. The molecule has 146 valence electrons. The van der Waals surface area contributed by atoms with Gasteiger partial charge in [0, 0.05) is 14.5 Å². The van der Waals surface area contributed by atoms with E-state index in [1.807, 2.05) is 60.4 Å². The fourth-order valence-electron chi connectivity index (χ4n) is 3.64. The van der Waals surface area contributed by atoms with Gasteiger partial charge in [-0.3, -0.25) is 4.79 Å². The number of thioether (sulfide) groups is 1. The molecule has 0 aliphatic carbocycles. The number of sulfone groups is 1. The number of hydrogen-bond donors (Lipinski definition) is 0. The van der Waals surface area contributed by atoms with Crippen molar-refractivity contribution in [1.29, 1.82) is 0 Å². The highest BCUT2D eigenvalue weighted by Crippen LogP contribution is 2.41. The van der Waals surface area contributed by atoms with Gasteiger partial charge in [-0.2, -0.15) is 4.99 Å². The first kappa shape index (κ1) is 19.9. The minimum Gasteiger partial charge on any atom is -0.316 e. The maximum absolute atomic E-state index is 12.6. The molecule has 0 unspecified atom stereocenters. The molecule has 0 spiro atoms. The van der Waals surface area contributed by atoms with Crippen molar-refractivity contribution in [2.24, 2.45) is 4.99 Å². The number of halogens is 1. The summed E-state index contributed by atoms with van der Waals surface area (Å²) in [6.07, 6.45) is 0.236. The third-order valence-electron chi connectivity index (χ3n) is 4.81. The van der Waals surface area contributed by atoms with E-state index in [-0.39, 0.29) is 35.1 Å². The molecule has 2 aliphatic heterocycles. The van der Waals surface area contributed by atoms with Crippen LogP contribution in [0.15, 0.2) is 53.5 Å². The highest BCUT2D eigenvalue weighted by molar-refractivity contribution is 14.1. The fourth-order valence-corrected chi connectivity index (χ4v) is 8.09. The Labute approximate surface area is 182 Å². The van der Waals surface area contributed by atoms with Crippen molar-refractivity contribution in [2.45, 2.75) is 24.6 Å². The molecule has 5 nitrogen and oxygen atoms in total. The van der Waals surface area contributed by atoms with Crippen molar-refractivity contribution in [3.8, 4) is 0 Å². The Morgan fingerprint density at radius 2 is 2.00 bits per heavy atom. The first-order valence-corrected chi connectivity index (χ1v) is 12.7. The van der Waals surface area contributed by atoms with E-state index in [0.717, 1.165) is 20.4 Å². The number of carbonyl (C=O) groups is 1. The average Bonchev–Trinajstić information content (AvgIpc) is 3.05. The number of fused-ring (bicyclic) bond motifs is 1. The van der Waals surface area contributed by atoms with Crippen LogP contribution in [0.25, 0.3) is 0 Å². The molecule has 2 aromatic rings. The van der Waals surface area contributed by atoms with Gasteiger partial charge in [0.1, 0.15) is 0 Å². The molecular formula is C20H19IN2O3S2. The summed E-state index contributed by atoms with van der Waals surface area (Å²) in [4.78, 5) is 19.0. The number of hydrogen-bond acceptors (Lipinski definition) is 4. The largest absolute Gasteiger partial charge is 0.316 e. The minimum absolute atomic E-state index is 0.0895. The van der Waals surface area contributed by atoms with E-state index in [1.165, 1.54) is 11.8 Å². The van der Waals surface area contributed by atoms with Gasteiger partial charge in [-0.15, -0.1) is 0 Å². The van der Waals surface area contributed by atoms with Crippen LogP contribution in [0, 0.1) is 10.5 Å². The second-order valence-electron chi connectivity index (χ2n) is 7.10. The normalized spacial score (nSPS) is 24.5. The summed E-state index contributed by atoms with van der Waals surface area (Å²) < 4.78 is 25.3. The lowest BCUT2D eigenvalue weighted by Gasteiger charge is -2.24. The van der Waals surface area contributed by atoms with Crippen LogP contribution in [0.3, 0.4) is 0 Å². The van der Waals surface area contributed by atoms with Crippen LogP contribution in [0.2, 0.25) is 0 Å². The van der Waals surface area contributed by atoms with Crippen LogP contribution in [-0.2, 0) is 21.1 Å². The van der Waals surface area contributed by atoms with Crippen LogP contribution in [0.1, 0.15) is 11.1 Å². The van der Waals surface area contributed by atoms with Crippen molar-refractivity contribution in [1.82, 2.24) is 0 Å². The van der Waals surface area contributed by atoms with Gasteiger partial charge in [-0.1, -0.05) is 47.7 Å². The number of amidine groups is 1. The first-order valence-electron chi connectivity index (χ1n) is 8.90. The summed E-state index contributed by atoms with van der Waals surface area (Å²) in [6, 6.07) is 15.5. The molecule has 2 heterocycles. The number of benzene rings is 2. The van der Waals surface area contributed by atoms with Gasteiger partial charge >= 0.3 is 0 Å². The van der Waals surface area contributed by atoms with Gasteiger partial charge in [-0.25, -0.2) is 8.42 Å². The lowest BCUT2D eigenvalue weighted by Crippen LogP contribution is -2.37. The van der Waals surface area contributed by atoms with Gasteiger partial charge < -0.3 is 4.90 Å². The van der Waals surface area contributed by atoms with E-state index in [1.54, 1.807) is 0 Å². The van der Waals surface area contributed by atoms with Crippen LogP contribution < -0.4 is 4.90 Å². The second-order valence-corrected chi connectivity index (χ2v) is 11.7. The van der Waals surface area contributed by atoms with E-state index in [9.17, 15) is 13.2 Å². The third kappa shape index (κ3) is 4.28. The maximum Gasteiger partial charge on any atom is 0.252 e. The number of amides is 1. The first-order chi connectivity index (χ1) is 13.3. The Bertz CT molecular complexity index is 1070. The summed E-state index contributed by atoms with van der Waals surface area (Å²) in [5.74, 6) is 0.0151. The highest BCUT2D eigenvalue weighted by Gasteiger charge is 2.49. The molecule has 0 N–H and O–H groups in total. The van der Waals surface area contributed by atoms with Gasteiger partial charge in [0.05, 0.1) is 24.0 Å². The molecule has 0 aromatic heterocycles. The molecule has 4 rings (SSSR count). The standard InChI is InChI=1S/C20H19IN2O3S2/c1-13-4-2-5-14(8-13)9-19(24)22-20-23(16-7-3-6-15(21)10-16)17-11-28(25,26)12-18(17)27-20/h2-8,10,17-18H,9,11-12H2,1H3/t17-,18+/m0/s1. The van der Waals surface area contributed by atoms with Gasteiger partial charge in [0.15, 0.2) is 15.0 Å². The predicted octanol–water partition coefficient (Wildman–Crippen LogP) is 3.44. The molecule has 28 heavy (non-hydrogen) atoms. The quantitative estimate of drug-likeness (QED) is 0.574. The van der Waals surface area contributed by atoms with Crippen LogP contribution in [0.4, 0.5) is 5.69 Å². The topological polar surface area (TPSA) is 66.8 Å². The lowest BCUT2D eigenvalue weighted by molar-refractivity contribution is -0.117. The Morgan fingerprint density at radius 1 is 1.21 bits per heavy atom. The fraction of sp³-hybridized carbons (Fsp3) is 0.300. The Hall–Kier alpha value is -1.39. The molecule has 2 atom stereocenters. The van der Waals surface area contributed by atoms with E-state index >= 15 is 0 Å². The van der Waals surface area contributed by atoms with Crippen molar-refractivity contribution < 1.29 is 13.2 Å². The second kappa shape index (κ2) is 7.79. The summed E-state index contributed by atoms with van der Waals surface area (Å²) in [5, 5.41) is 0.512. The highest BCUT2D eigenvalue weighted by atomic mass is 127. The van der Waals surface area contributed by atoms with E-state index in [4.69, 9.17) is 0 Å². The number of rotatable bonds is 3. The SMILES string of the molecule is Cc1cccc(CC(=O)N=C2S[C@@H]3CS(=O)(=O)C[C@@H]3N2c2cccc(I)c2)c1. The Kier molecular flexibility index (Phi) is 5.54. The molecule has 2 aromatic carbocycles. The Balaban J connectivity index is 1.65. The summed E-state index contributed by atoms with van der Waals surface area (Å²) in [7, 11) is -3.07. The zero-order valence-corrected chi connectivity index (χ0v) is 19.0. The zero-order valence-electron chi connectivity index (χ0n) is 15.2. The van der Waals surface area contributed by atoms with E-state index < -0.39 is 9.84 Å². The number of aliphatic imine (C=N–C) groups is 1. The summed E-state index contributed by atoms with van der Waals surface area (Å²) in [6.45, 7) is 1.99. The monoisotopic (exact) mass is 526 g/mol. The van der Waals surface area contributed by atoms with Gasteiger partial charge in [0.25, 0.3) is 5.91 Å². The van der Waals surface area contributed by atoms with Crippen molar-refractivity contribution in [2.75, 3.05) is 16.4 Å². The molecule has 1 amide bonds. The van der Waals surface area contributed by atoms with Crippen molar-refractivity contribution in [3.63, 3.8) is 0 Å². The van der Waals surface area contributed by atoms with Crippen LogP contribution >= 0.6 is 34.4 Å². The Morgan fingerprint density at radius 3 is 2.75 bits per heavy atom. The van der Waals surface area contributed by atoms with Crippen molar-refractivity contribution in [3.05, 3.63) is 63.2 Å². The van der Waals surface area contributed by atoms with Crippen LogP contribution in [0.5, 0.6) is 0 Å². The predicted molar refractivity (Wildman–Crippen MR) is 123 cm³/mol. The van der Waals surface area contributed by atoms with E-state index in [2.05, 4.69) is 27.6 Å². The molecular weight excluding hydrogens is 507 g/mol. The molecule has 8 heteroatoms. The van der Waals surface area contributed by atoms with E-state index in [0.29, 0.717) is 5.17 Å². The molecule has 2 aliphatic rings. The van der Waals surface area contributed by atoms with Crippen LogP contribution in [-0.4, -0.2) is 42.3 Å². The third-order valence-corrected chi connectivity index (χ3v) is 8.69. The summed E-state index contributed by atoms with van der Waals surface area (Å²) >= 11 is 3.64. The number of anilines is 1. The van der Waals surface area contributed by atoms with Gasteiger partial charge in [0.2, 0.25) is 0 Å². The lowest BCUT2D eigenvalue weighted by atomic mass is 10.1. The molecule has 0 saturated carbocycles. The molecule has 2 saturated heterocycles. The molecule has 2 fully saturated rings. The summed E-state index contributed by atoms with van der Waals surface area (Å²) in [5.41, 5.74) is 2.92. The smallest absolute Gasteiger partial charge is 0.252 e. The molecule has 0 bridgehead atoms. The maximum atomic E-state index is 12.6.